The Hall–Kier alpha value is 0.140. The molecule has 0 fully saturated rings. The van der Waals surface area contributed by atoms with Gasteiger partial charge in [-0.05, 0) is 6.42 Å². The second-order valence-electron chi connectivity index (χ2n) is 6.29. The number of esters is 1. The van der Waals surface area contributed by atoms with Crippen LogP contribution >= 0.6 is 0 Å². The zero-order valence-electron chi connectivity index (χ0n) is 16.6. The molecule has 4 heteroatoms. The van der Waals surface area contributed by atoms with E-state index in [-0.39, 0.29) is 37.5 Å². The molecule has 0 aromatic rings. The molecule has 0 aromatic heterocycles. The largest absolute Gasteiger partial charge is 1.00 e. The monoisotopic (exact) mass is 336 g/mol. The van der Waals surface area contributed by atoms with Gasteiger partial charge in [-0.25, -0.2) is 0 Å². The second kappa shape index (κ2) is 22.1. The first-order valence-corrected chi connectivity index (χ1v) is 9.44. The molecule has 0 saturated heterocycles. The maximum absolute atomic E-state index is 10.9. The maximum Gasteiger partial charge on any atom is 1.00 e. The minimum absolute atomic E-state index is 0. The van der Waals surface area contributed by atoms with Crippen LogP contribution in [0.3, 0.4) is 0 Å². The molecular weight excluding hydrogens is 299 g/mol. The molecule has 0 aliphatic rings. The Labute approximate surface area is 167 Å². The summed E-state index contributed by atoms with van der Waals surface area (Å²) in [5.41, 5.74) is 0. The number of hydrogen-bond acceptors (Lipinski definition) is 3. The molecule has 132 valence electrons. The topological polar surface area (TPSA) is 43.4 Å². The van der Waals surface area contributed by atoms with Crippen molar-refractivity contribution in [1.82, 2.24) is 0 Å². The Balaban J connectivity index is -0.00000220. The summed E-state index contributed by atoms with van der Waals surface area (Å²) < 4.78 is 4.24. The first-order valence-electron chi connectivity index (χ1n) is 9.44. The van der Waals surface area contributed by atoms with E-state index in [1.54, 1.807) is 0 Å². The molecule has 0 N–H and O–H groups in total. The number of unbranched alkanes of at least 4 members (excludes halogenated alkanes) is 14. The van der Waals surface area contributed by atoms with Gasteiger partial charge >= 0.3 is 42.0 Å². The summed E-state index contributed by atoms with van der Waals surface area (Å²) in [6.45, 7) is 2.48. The summed E-state index contributed by atoms with van der Waals surface area (Å²) >= 11 is 0. The predicted molar refractivity (Wildman–Crippen MR) is 92.8 cm³/mol. The van der Waals surface area contributed by atoms with E-state index in [2.05, 4.69) is 11.7 Å². The average molecular weight is 336 g/mol. The van der Waals surface area contributed by atoms with Crippen LogP contribution < -0.4 is 29.6 Å². The zero-order chi connectivity index (χ0) is 16.3. The Kier molecular flexibility index (Phi) is 24.4. The van der Waals surface area contributed by atoms with Crippen LogP contribution in [0.25, 0.3) is 0 Å². The van der Waals surface area contributed by atoms with Crippen LogP contribution in [0.1, 0.15) is 111 Å². The van der Waals surface area contributed by atoms with Crippen molar-refractivity contribution in [3.8, 4) is 0 Å². The van der Waals surface area contributed by atoms with Crippen molar-refractivity contribution in [3.63, 3.8) is 0 Å². The van der Waals surface area contributed by atoms with Gasteiger partial charge in [0.25, 0.3) is 0 Å². The summed E-state index contributed by atoms with van der Waals surface area (Å²) in [6.07, 6.45) is 20.0. The second-order valence-corrected chi connectivity index (χ2v) is 6.29. The van der Waals surface area contributed by atoms with Crippen LogP contribution in [0.15, 0.2) is 0 Å². The van der Waals surface area contributed by atoms with Gasteiger partial charge in [-0.3, -0.25) is 9.59 Å². The molecule has 0 amide bonds. The van der Waals surface area contributed by atoms with Gasteiger partial charge in [0, 0.05) is 6.42 Å². The van der Waals surface area contributed by atoms with Gasteiger partial charge in [-0.1, -0.05) is 96.8 Å². The molecule has 23 heavy (non-hydrogen) atoms. The summed E-state index contributed by atoms with van der Waals surface area (Å²) in [4.78, 5) is 20.9. The maximum atomic E-state index is 10.9. The van der Waals surface area contributed by atoms with Crippen LogP contribution in [0, 0.1) is 0 Å². The third-order valence-electron chi connectivity index (χ3n) is 4.16. The van der Waals surface area contributed by atoms with Crippen molar-refractivity contribution < 1.29 is 45.3 Å². The standard InChI is InChI=1S/C19H36O3.Na.H/c1-2-3-4-5-6-7-8-9-10-11-12-13-14-15-16-17-19(21)22-18-20;;/h18H,2-17H2,1H3;;/q;+1;-1. The number of ether oxygens (including phenoxy) is 1. The molecule has 0 radical (unpaired) electrons. The third-order valence-corrected chi connectivity index (χ3v) is 4.16. The molecule has 0 aliphatic carbocycles. The molecule has 0 unspecified atom stereocenters. The van der Waals surface area contributed by atoms with E-state index in [4.69, 9.17) is 0 Å². The van der Waals surface area contributed by atoms with Gasteiger partial charge in [0.05, 0.1) is 0 Å². The van der Waals surface area contributed by atoms with E-state index in [0.717, 1.165) is 12.8 Å². The van der Waals surface area contributed by atoms with E-state index in [1.165, 1.54) is 83.5 Å². The fourth-order valence-electron chi connectivity index (χ4n) is 2.75. The summed E-state index contributed by atoms with van der Waals surface area (Å²) in [5.74, 6) is -0.398. The summed E-state index contributed by atoms with van der Waals surface area (Å²) in [6, 6.07) is 0. The first kappa shape index (κ1) is 25.4. The van der Waals surface area contributed by atoms with Crippen molar-refractivity contribution in [2.24, 2.45) is 0 Å². The molecule has 0 spiro atoms. The number of hydrogen-bond donors (Lipinski definition) is 0. The van der Waals surface area contributed by atoms with Crippen molar-refractivity contribution in [1.29, 1.82) is 0 Å². The summed E-state index contributed by atoms with van der Waals surface area (Å²) in [5, 5.41) is 0. The first-order chi connectivity index (χ1) is 10.8. The molecule has 0 saturated carbocycles. The zero-order valence-corrected chi connectivity index (χ0v) is 17.6. The fourth-order valence-corrected chi connectivity index (χ4v) is 2.75. The Morgan fingerprint density at radius 3 is 1.43 bits per heavy atom. The molecule has 0 atom stereocenters. The van der Waals surface area contributed by atoms with Crippen molar-refractivity contribution >= 4 is 12.4 Å². The quantitative estimate of drug-likeness (QED) is 0.135. The molecule has 0 bridgehead atoms. The van der Waals surface area contributed by atoms with Gasteiger partial charge in [0.15, 0.2) is 0 Å². The molecule has 0 aromatic carbocycles. The normalized spacial score (nSPS) is 10.1. The minimum atomic E-state index is -0.398. The van der Waals surface area contributed by atoms with Gasteiger partial charge < -0.3 is 6.16 Å². The van der Waals surface area contributed by atoms with Crippen LogP contribution in [0.2, 0.25) is 0 Å². The molecule has 0 rings (SSSR count). The number of carbonyl (C=O) groups is 2. The van der Waals surface area contributed by atoms with E-state index >= 15 is 0 Å². The third kappa shape index (κ3) is 22.1. The minimum Gasteiger partial charge on any atom is -1.00 e. The van der Waals surface area contributed by atoms with E-state index in [9.17, 15) is 9.59 Å². The van der Waals surface area contributed by atoms with Crippen molar-refractivity contribution in [2.45, 2.75) is 110 Å². The Bertz CT molecular complexity index is 263. The molecule has 3 nitrogen and oxygen atoms in total. The fraction of sp³-hybridized carbons (Fsp3) is 0.895. The van der Waals surface area contributed by atoms with Gasteiger partial charge in [-0.2, -0.15) is 0 Å². The summed E-state index contributed by atoms with van der Waals surface area (Å²) in [7, 11) is 0. The van der Waals surface area contributed by atoms with E-state index in [0.29, 0.717) is 6.42 Å². The predicted octanol–water partition coefficient (Wildman–Crippen LogP) is 3.06. The van der Waals surface area contributed by atoms with Crippen molar-refractivity contribution in [2.75, 3.05) is 0 Å². The average Bonchev–Trinajstić information content (AvgIpc) is 2.51. The van der Waals surface area contributed by atoms with E-state index in [1.807, 2.05) is 0 Å². The van der Waals surface area contributed by atoms with Crippen LogP contribution in [-0.2, 0) is 14.3 Å². The number of rotatable bonds is 17. The molecule has 0 aliphatic heterocycles. The Morgan fingerprint density at radius 2 is 1.09 bits per heavy atom. The van der Waals surface area contributed by atoms with Gasteiger partial charge in [0.1, 0.15) is 0 Å². The van der Waals surface area contributed by atoms with Gasteiger partial charge in [0.2, 0.25) is 0 Å². The van der Waals surface area contributed by atoms with Gasteiger partial charge in [-0.15, -0.1) is 0 Å². The van der Waals surface area contributed by atoms with Crippen LogP contribution in [0.5, 0.6) is 0 Å². The molecular formula is C19H37NaO3. The number of carbonyl (C=O) groups excluding carboxylic acids is 2. The Morgan fingerprint density at radius 1 is 0.739 bits per heavy atom. The van der Waals surface area contributed by atoms with Crippen LogP contribution in [0.4, 0.5) is 0 Å². The van der Waals surface area contributed by atoms with E-state index < -0.39 is 5.97 Å². The van der Waals surface area contributed by atoms with Crippen LogP contribution in [-0.4, -0.2) is 12.4 Å². The van der Waals surface area contributed by atoms with Crippen molar-refractivity contribution in [3.05, 3.63) is 0 Å². The smallest absolute Gasteiger partial charge is 1.00 e. The SMILES string of the molecule is CCCCCCCCCCCCCCCCCC(=O)OC=O.[H-].[Na+]. The molecule has 0 heterocycles.